The summed E-state index contributed by atoms with van der Waals surface area (Å²) < 4.78 is 0. The molecule has 2 N–H and O–H groups in total. The molecule has 1 aliphatic rings. The predicted octanol–water partition coefficient (Wildman–Crippen LogP) is 6.50. The number of pyridine rings is 2. The number of piperazine rings is 1. The SMILES string of the molecule is [CH2][CH]c1cnc2cc(C)c(-c3cc(Cl)c(O)c(Cl)c3)cc2c1Nc1ccc(N2CCN(C)CC2)nc1. The molecular weight excluding hydrogens is 493 g/mol. The fourth-order valence-electron chi connectivity index (χ4n) is 4.51. The maximum absolute atomic E-state index is 10.0. The zero-order valence-corrected chi connectivity index (χ0v) is 21.7. The molecule has 2 aromatic carbocycles. The predicted molar refractivity (Wildman–Crippen MR) is 150 cm³/mol. The number of hydrogen-bond acceptors (Lipinski definition) is 6. The van der Waals surface area contributed by atoms with Crippen molar-refractivity contribution in [3.63, 3.8) is 0 Å². The van der Waals surface area contributed by atoms with Crippen LogP contribution in [0.3, 0.4) is 0 Å². The molecule has 0 bridgehead atoms. The minimum absolute atomic E-state index is 0.119. The van der Waals surface area contributed by atoms with Crippen LogP contribution >= 0.6 is 23.2 Å². The van der Waals surface area contributed by atoms with Gasteiger partial charge in [0.2, 0.25) is 0 Å². The lowest BCUT2D eigenvalue weighted by Crippen LogP contribution is -2.44. The quantitative estimate of drug-likeness (QED) is 0.313. The van der Waals surface area contributed by atoms with Crippen LogP contribution in [0.5, 0.6) is 5.75 Å². The van der Waals surface area contributed by atoms with Gasteiger partial charge in [-0.15, -0.1) is 0 Å². The number of nitrogens with one attached hydrogen (secondary N) is 1. The van der Waals surface area contributed by atoms with Crippen molar-refractivity contribution in [2.45, 2.75) is 6.92 Å². The zero-order valence-electron chi connectivity index (χ0n) is 20.2. The molecule has 184 valence electrons. The van der Waals surface area contributed by atoms with Gasteiger partial charge in [-0.05, 0) is 86.0 Å². The summed E-state index contributed by atoms with van der Waals surface area (Å²) in [6.07, 6.45) is 5.47. The standard InChI is InChI=1S/C28H27Cl2N5O/c1-4-18-15-31-25-11-17(2)21(19-12-23(29)28(36)24(30)13-19)14-22(25)27(18)33-20-5-6-26(32-16-20)35-9-7-34(3)8-10-35/h4-6,11-16,36H,1,7-10H2,2-3H3,(H,31,33). The Morgan fingerprint density at radius 2 is 1.72 bits per heavy atom. The van der Waals surface area contributed by atoms with Crippen LogP contribution < -0.4 is 10.2 Å². The normalized spacial score (nSPS) is 14.4. The number of aromatic hydroxyl groups is 1. The number of phenols is 1. The minimum Gasteiger partial charge on any atom is -0.505 e. The lowest BCUT2D eigenvalue weighted by molar-refractivity contribution is 0.312. The molecule has 0 atom stereocenters. The van der Waals surface area contributed by atoms with Crippen molar-refractivity contribution in [1.29, 1.82) is 0 Å². The molecule has 0 spiro atoms. The molecule has 4 aromatic rings. The van der Waals surface area contributed by atoms with Gasteiger partial charge in [0.15, 0.2) is 5.75 Å². The summed E-state index contributed by atoms with van der Waals surface area (Å²) in [7, 11) is 2.14. The zero-order chi connectivity index (χ0) is 25.4. The Labute approximate surface area is 221 Å². The molecule has 2 aromatic heterocycles. The maximum atomic E-state index is 10.0. The Bertz CT molecular complexity index is 1390. The molecule has 0 amide bonds. The second-order valence-corrected chi connectivity index (χ2v) is 9.90. The topological polar surface area (TPSA) is 64.5 Å². The summed E-state index contributed by atoms with van der Waals surface area (Å²) in [5.41, 5.74) is 6.27. The first-order valence-corrected chi connectivity index (χ1v) is 12.5. The highest BCUT2D eigenvalue weighted by atomic mass is 35.5. The highest BCUT2D eigenvalue weighted by Crippen LogP contribution is 2.40. The summed E-state index contributed by atoms with van der Waals surface area (Å²) in [4.78, 5) is 14.0. The van der Waals surface area contributed by atoms with Crippen LogP contribution in [0.4, 0.5) is 17.2 Å². The summed E-state index contributed by atoms with van der Waals surface area (Å²) in [5, 5.41) is 14.9. The van der Waals surface area contributed by atoms with Gasteiger partial charge in [-0.3, -0.25) is 4.98 Å². The molecule has 8 heteroatoms. The first-order chi connectivity index (χ1) is 17.3. The van der Waals surface area contributed by atoms with E-state index in [1.807, 2.05) is 25.4 Å². The van der Waals surface area contributed by atoms with E-state index in [0.717, 1.165) is 76.5 Å². The van der Waals surface area contributed by atoms with E-state index in [9.17, 15) is 5.11 Å². The van der Waals surface area contributed by atoms with Gasteiger partial charge in [0, 0.05) is 37.8 Å². The lowest BCUT2D eigenvalue weighted by Gasteiger charge is -2.33. The van der Waals surface area contributed by atoms with Gasteiger partial charge in [0.1, 0.15) is 5.82 Å². The van der Waals surface area contributed by atoms with Crippen molar-refractivity contribution in [3.8, 4) is 16.9 Å². The van der Waals surface area contributed by atoms with Crippen molar-refractivity contribution in [1.82, 2.24) is 14.9 Å². The average molecular weight is 520 g/mol. The molecule has 0 unspecified atom stereocenters. The van der Waals surface area contributed by atoms with Crippen LogP contribution in [-0.2, 0) is 0 Å². The average Bonchev–Trinajstić information content (AvgIpc) is 2.88. The van der Waals surface area contributed by atoms with Crippen molar-refractivity contribution in [3.05, 3.63) is 83.3 Å². The Hall–Kier alpha value is -3.06. The van der Waals surface area contributed by atoms with Gasteiger partial charge in [0.25, 0.3) is 0 Å². The van der Waals surface area contributed by atoms with E-state index in [0.29, 0.717) is 0 Å². The van der Waals surface area contributed by atoms with Gasteiger partial charge in [0.05, 0.1) is 33.1 Å². The molecule has 0 saturated carbocycles. The molecule has 0 aliphatic carbocycles. The number of likely N-dealkylation sites (N-methyl/N-ethyl adjacent to an activating group) is 1. The van der Waals surface area contributed by atoms with Crippen molar-refractivity contribution in [2.24, 2.45) is 0 Å². The highest BCUT2D eigenvalue weighted by molar-refractivity contribution is 6.37. The third-order valence-corrected chi connectivity index (χ3v) is 7.21. The number of halogens is 2. The lowest BCUT2D eigenvalue weighted by atomic mass is 9.96. The van der Waals surface area contributed by atoms with Crippen LogP contribution in [0.15, 0.2) is 48.8 Å². The number of benzene rings is 2. The van der Waals surface area contributed by atoms with Crippen LogP contribution in [0.1, 0.15) is 11.1 Å². The van der Waals surface area contributed by atoms with E-state index < -0.39 is 0 Å². The van der Waals surface area contributed by atoms with E-state index >= 15 is 0 Å². The Morgan fingerprint density at radius 3 is 2.36 bits per heavy atom. The monoisotopic (exact) mass is 519 g/mol. The minimum atomic E-state index is -0.119. The number of anilines is 3. The number of rotatable bonds is 5. The summed E-state index contributed by atoms with van der Waals surface area (Å²) in [5.74, 6) is 0.863. The molecule has 36 heavy (non-hydrogen) atoms. The second-order valence-electron chi connectivity index (χ2n) is 9.09. The third kappa shape index (κ3) is 4.81. The van der Waals surface area contributed by atoms with Gasteiger partial charge < -0.3 is 20.2 Å². The van der Waals surface area contributed by atoms with Crippen molar-refractivity contribution >= 4 is 51.3 Å². The fraction of sp³-hybridized carbons (Fsp3) is 0.214. The van der Waals surface area contributed by atoms with E-state index in [4.69, 9.17) is 28.2 Å². The molecule has 2 radical (unpaired) electrons. The first-order valence-electron chi connectivity index (χ1n) is 11.7. The molecular formula is C28H27Cl2N5O. The smallest absolute Gasteiger partial charge is 0.152 e. The molecule has 1 fully saturated rings. The van der Waals surface area contributed by atoms with Gasteiger partial charge in [-0.25, -0.2) is 4.98 Å². The van der Waals surface area contributed by atoms with E-state index in [2.05, 4.69) is 52.3 Å². The van der Waals surface area contributed by atoms with E-state index in [1.165, 1.54) is 0 Å². The Balaban J connectivity index is 1.53. The van der Waals surface area contributed by atoms with Crippen molar-refractivity contribution < 1.29 is 5.11 Å². The summed E-state index contributed by atoms with van der Waals surface area (Å²) in [6.45, 7) is 10.0. The molecule has 6 nitrogen and oxygen atoms in total. The summed E-state index contributed by atoms with van der Waals surface area (Å²) in [6, 6.07) is 11.6. The van der Waals surface area contributed by atoms with Gasteiger partial charge in [-0.2, -0.15) is 0 Å². The largest absolute Gasteiger partial charge is 0.505 e. The van der Waals surface area contributed by atoms with Crippen LogP contribution in [-0.4, -0.2) is 53.2 Å². The number of fused-ring (bicyclic) bond motifs is 1. The number of nitrogens with zero attached hydrogens (tertiary/aromatic N) is 4. The van der Waals surface area contributed by atoms with Gasteiger partial charge in [-0.1, -0.05) is 23.2 Å². The van der Waals surface area contributed by atoms with Crippen LogP contribution in [0, 0.1) is 20.3 Å². The molecule has 1 aliphatic heterocycles. The number of aromatic nitrogens is 2. The number of aryl methyl sites for hydroxylation is 1. The first kappa shape index (κ1) is 24.6. The Kier molecular flexibility index (Phi) is 6.93. The highest BCUT2D eigenvalue weighted by Gasteiger charge is 2.17. The van der Waals surface area contributed by atoms with Crippen LogP contribution in [0.25, 0.3) is 22.0 Å². The second kappa shape index (κ2) is 10.1. The fourth-order valence-corrected chi connectivity index (χ4v) is 5.00. The Morgan fingerprint density at radius 1 is 1.00 bits per heavy atom. The molecule has 3 heterocycles. The van der Waals surface area contributed by atoms with E-state index in [1.54, 1.807) is 18.6 Å². The molecule has 1 saturated heterocycles. The van der Waals surface area contributed by atoms with Crippen LogP contribution in [0.2, 0.25) is 10.0 Å². The van der Waals surface area contributed by atoms with E-state index in [-0.39, 0.29) is 15.8 Å². The maximum Gasteiger partial charge on any atom is 0.152 e. The van der Waals surface area contributed by atoms with Gasteiger partial charge >= 0.3 is 0 Å². The number of hydrogen-bond donors (Lipinski definition) is 2. The third-order valence-electron chi connectivity index (χ3n) is 6.64. The number of phenolic OH excluding ortho intramolecular Hbond substituents is 1. The van der Waals surface area contributed by atoms with Crippen molar-refractivity contribution in [2.75, 3.05) is 43.4 Å². The molecule has 5 rings (SSSR count). The summed E-state index contributed by atoms with van der Waals surface area (Å²) >= 11 is 12.4.